The molecule has 0 bridgehead atoms. The second-order valence-electron chi connectivity index (χ2n) is 6.05. The molecule has 1 aliphatic heterocycles. The Labute approximate surface area is 166 Å². The molecule has 1 atom stereocenters. The van der Waals surface area contributed by atoms with Gasteiger partial charge in [-0.2, -0.15) is 0 Å². The van der Waals surface area contributed by atoms with Crippen molar-refractivity contribution in [3.05, 3.63) is 54.3 Å². The molecule has 0 aromatic heterocycles. The summed E-state index contributed by atoms with van der Waals surface area (Å²) in [6.07, 6.45) is 0.0422. The van der Waals surface area contributed by atoms with Crippen molar-refractivity contribution in [2.45, 2.75) is 18.6 Å². The fourth-order valence-corrected chi connectivity index (χ4v) is 3.70. The van der Waals surface area contributed by atoms with Crippen LogP contribution in [0.2, 0.25) is 0 Å². The number of carbonyl (C=O) groups is 3. The molecule has 1 heterocycles. The normalized spacial score (nSPS) is 16.4. The molecular weight excluding hydrogens is 383 g/mol. The summed E-state index contributed by atoms with van der Waals surface area (Å²) in [5.41, 5.74) is 0.953. The number of thioether (sulfide) groups is 1. The first-order chi connectivity index (χ1) is 13.5. The molecule has 3 rings (SSSR count). The minimum absolute atomic E-state index is 0.0121. The summed E-state index contributed by atoms with van der Waals surface area (Å²) >= 11 is 1.11. The molecule has 0 unspecified atom stereocenters. The van der Waals surface area contributed by atoms with Gasteiger partial charge in [-0.1, -0.05) is 0 Å². The van der Waals surface area contributed by atoms with Crippen molar-refractivity contribution in [2.24, 2.45) is 0 Å². The Hall–Kier alpha value is -2.87. The van der Waals surface area contributed by atoms with Crippen LogP contribution < -0.4 is 15.0 Å². The molecular formula is C20H19FN2O4S. The lowest BCUT2D eigenvalue weighted by atomic mass is 10.3. The molecule has 0 aliphatic carbocycles. The molecule has 8 heteroatoms. The lowest BCUT2D eigenvalue weighted by Crippen LogP contribution is -2.31. The monoisotopic (exact) mass is 402 g/mol. The number of hydrogen-bond donors (Lipinski definition) is 1. The number of rotatable bonds is 7. The summed E-state index contributed by atoms with van der Waals surface area (Å²) in [7, 11) is 0. The Balaban J connectivity index is 1.57. The highest BCUT2D eigenvalue weighted by molar-refractivity contribution is 8.01. The summed E-state index contributed by atoms with van der Waals surface area (Å²) in [6.45, 7) is 2.40. The average molecular weight is 402 g/mol. The van der Waals surface area contributed by atoms with E-state index in [-0.39, 0.29) is 29.9 Å². The van der Waals surface area contributed by atoms with Crippen molar-refractivity contribution in [2.75, 3.05) is 22.6 Å². The topological polar surface area (TPSA) is 75.7 Å². The van der Waals surface area contributed by atoms with E-state index in [2.05, 4.69) is 5.32 Å². The smallest absolute Gasteiger partial charge is 0.247 e. The van der Waals surface area contributed by atoms with Crippen molar-refractivity contribution >= 4 is 40.9 Å². The first kappa shape index (κ1) is 19.9. The largest absolute Gasteiger partial charge is 0.494 e. The number of benzene rings is 2. The van der Waals surface area contributed by atoms with Crippen molar-refractivity contribution < 1.29 is 23.5 Å². The van der Waals surface area contributed by atoms with Gasteiger partial charge in [0.1, 0.15) is 11.6 Å². The SMILES string of the molecule is CCOc1ccc(N2C(=O)C[C@H](SCC(=O)Nc3ccc(F)cc3)C2=O)cc1. The number of anilines is 2. The van der Waals surface area contributed by atoms with E-state index < -0.39 is 11.1 Å². The van der Waals surface area contributed by atoms with Gasteiger partial charge in [0.2, 0.25) is 17.7 Å². The number of ether oxygens (including phenoxy) is 1. The summed E-state index contributed by atoms with van der Waals surface area (Å²) < 4.78 is 18.3. The lowest BCUT2D eigenvalue weighted by molar-refractivity contribution is -0.121. The molecule has 28 heavy (non-hydrogen) atoms. The number of halogens is 1. The van der Waals surface area contributed by atoms with Crippen LogP contribution in [0.1, 0.15) is 13.3 Å². The van der Waals surface area contributed by atoms with Crippen LogP contribution in [0, 0.1) is 5.82 Å². The molecule has 3 amide bonds. The Morgan fingerprint density at radius 1 is 1.18 bits per heavy atom. The molecule has 0 spiro atoms. The number of nitrogens with one attached hydrogen (secondary N) is 1. The second-order valence-corrected chi connectivity index (χ2v) is 7.24. The van der Waals surface area contributed by atoms with Crippen LogP contribution in [0.15, 0.2) is 48.5 Å². The highest BCUT2D eigenvalue weighted by Gasteiger charge is 2.40. The summed E-state index contributed by atoms with van der Waals surface area (Å²) in [6, 6.07) is 12.1. The molecule has 1 N–H and O–H groups in total. The van der Waals surface area contributed by atoms with Crippen LogP contribution in [0.4, 0.5) is 15.8 Å². The summed E-state index contributed by atoms with van der Waals surface area (Å²) in [5.74, 6) is -0.681. The Kier molecular flexibility index (Phi) is 6.30. The quantitative estimate of drug-likeness (QED) is 0.720. The van der Waals surface area contributed by atoms with Gasteiger partial charge in [0.25, 0.3) is 0 Å². The van der Waals surface area contributed by atoms with Gasteiger partial charge >= 0.3 is 0 Å². The highest BCUT2D eigenvalue weighted by atomic mass is 32.2. The van der Waals surface area contributed by atoms with E-state index >= 15 is 0 Å². The third-order valence-corrected chi connectivity index (χ3v) is 5.25. The van der Waals surface area contributed by atoms with Gasteiger partial charge in [0.15, 0.2) is 0 Å². The van der Waals surface area contributed by atoms with Crippen LogP contribution >= 0.6 is 11.8 Å². The third kappa shape index (κ3) is 4.69. The molecule has 1 saturated heterocycles. The van der Waals surface area contributed by atoms with Crippen molar-refractivity contribution in [3.63, 3.8) is 0 Å². The highest BCUT2D eigenvalue weighted by Crippen LogP contribution is 2.30. The van der Waals surface area contributed by atoms with Crippen LogP contribution in [-0.4, -0.2) is 35.3 Å². The van der Waals surface area contributed by atoms with Crippen LogP contribution in [0.25, 0.3) is 0 Å². The van der Waals surface area contributed by atoms with E-state index in [1.54, 1.807) is 24.3 Å². The molecule has 2 aromatic rings. The van der Waals surface area contributed by atoms with E-state index in [1.165, 1.54) is 24.3 Å². The average Bonchev–Trinajstić information content (AvgIpc) is 2.96. The van der Waals surface area contributed by atoms with Crippen LogP contribution in [0.5, 0.6) is 5.75 Å². The molecule has 1 aliphatic rings. The maximum Gasteiger partial charge on any atom is 0.247 e. The van der Waals surface area contributed by atoms with Gasteiger partial charge in [0.05, 0.1) is 23.3 Å². The van der Waals surface area contributed by atoms with E-state index in [9.17, 15) is 18.8 Å². The standard InChI is InChI=1S/C20H19FN2O4S/c1-2-27-16-9-7-15(8-10-16)23-19(25)11-17(20(23)26)28-12-18(24)22-14-5-3-13(21)4-6-14/h3-10,17H,2,11-12H2,1H3,(H,22,24)/t17-/m0/s1. The molecule has 1 fully saturated rings. The Morgan fingerprint density at radius 2 is 1.86 bits per heavy atom. The molecule has 0 radical (unpaired) electrons. The predicted molar refractivity (Wildman–Crippen MR) is 106 cm³/mol. The minimum atomic E-state index is -0.613. The zero-order valence-electron chi connectivity index (χ0n) is 15.2. The first-order valence-corrected chi connectivity index (χ1v) is 9.79. The maximum absolute atomic E-state index is 12.9. The molecule has 0 saturated carbocycles. The van der Waals surface area contributed by atoms with Crippen molar-refractivity contribution in [1.29, 1.82) is 0 Å². The molecule has 6 nitrogen and oxygen atoms in total. The van der Waals surface area contributed by atoms with Gasteiger partial charge in [-0.15, -0.1) is 11.8 Å². The van der Waals surface area contributed by atoms with E-state index in [1.807, 2.05) is 6.92 Å². The van der Waals surface area contributed by atoms with Gasteiger partial charge in [-0.3, -0.25) is 14.4 Å². The third-order valence-electron chi connectivity index (χ3n) is 4.05. The molecule has 146 valence electrons. The van der Waals surface area contributed by atoms with E-state index in [0.717, 1.165) is 16.7 Å². The number of carbonyl (C=O) groups excluding carboxylic acids is 3. The fourth-order valence-electron chi connectivity index (χ4n) is 2.77. The number of amides is 3. The van der Waals surface area contributed by atoms with E-state index in [4.69, 9.17) is 4.74 Å². The Morgan fingerprint density at radius 3 is 2.50 bits per heavy atom. The Bertz CT molecular complexity index is 871. The zero-order valence-corrected chi connectivity index (χ0v) is 16.0. The lowest BCUT2D eigenvalue weighted by Gasteiger charge is -2.15. The maximum atomic E-state index is 12.9. The number of nitrogens with zero attached hydrogens (tertiary/aromatic N) is 1. The van der Waals surface area contributed by atoms with Crippen molar-refractivity contribution in [1.82, 2.24) is 0 Å². The van der Waals surface area contributed by atoms with Crippen molar-refractivity contribution in [3.8, 4) is 5.75 Å². The van der Waals surface area contributed by atoms with Gasteiger partial charge in [-0.05, 0) is 55.5 Å². The zero-order chi connectivity index (χ0) is 20.1. The van der Waals surface area contributed by atoms with Gasteiger partial charge in [-0.25, -0.2) is 9.29 Å². The summed E-state index contributed by atoms with van der Waals surface area (Å²) in [5, 5.41) is 2.02. The van der Waals surface area contributed by atoms with Crippen LogP contribution in [0.3, 0.4) is 0 Å². The van der Waals surface area contributed by atoms with Gasteiger partial charge < -0.3 is 10.1 Å². The van der Waals surface area contributed by atoms with E-state index in [0.29, 0.717) is 23.7 Å². The predicted octanol–water partition coefficient (Wildman–Crippen LogP) is 3.23. The van der Waals surface area contributed by atoms with Gasteiger partial charge in [0, 0.05) is 12.1 Å². The summed E-state index contributed by atoms with van der Waals surface area (Å²) in [4.78, 5) is 38.1. The fraction of sp³-hybridized carbons (Fsp3) is 0.250. The minimum Gasteiger partial charge on any atom is -0.494 e. The number of imide groups is 1. The van der Waals surface area contributed by atoms with Crippen LogP contribution in [-0.2, 0) is 14.4 Å². The second kappa shape index (κ2) is 8.88. The first-order valence-electron chi connectivity index (χ1n) is 8.74. The molecule has 2 aromatic carbocycles. The number of hydrogen-bond acceptors (Lipinski definition) is 5.